The van der Waals surface area contributed by atoms with Gasteiger partial charge in [0, 0.05) is 23.8 Å². The first-order valence-electron chi connectivity index (χ1n) is 7.08. The lowest BCUT2D eigenvalue weighted by Crippen LogP contribution is -2.48. The first-order valence-corrected chi connectivity index (χ1v) is 7.08. The van der Waals surface area contributed by atoms with E-state index in [2.05, 4.69) is 44.7 Å². The predicted molar refractivity (Wildman–Crippen MR) is 82.6 cm³/mol. The molecule has 0 N–H and O–H groups in total. The third-order valence-corrected chi connectivity index (χ3v) is 4.11. The summed E-state index contributed by atoms with van der Waals surface area (Å²) in [6.07, 6.45) is 3.65. The molecule has 1 heterocycles. The van der Waals surface area contributed by atoms with Crippen LogP contribution < -0.4 is 4.90 Å². The Morgan fingerprint density at radius 3 is 2.80 bits per heavy atom. The van der Waals surface area contributed by atoms with E-state index in [1.807, 2.05) is 6.07 Å². The fraction of sp³-hybridized carbons (Fsp3) is 0.500. The summed E-state index contributed by atoms with van der Waals surface area (Å²) >= 11 is 0. The highest BCUT2D eigenvalue weighted by Gasteiger charge is 2.35. The molecule has 0 saturated heterocycles. The summed E-state index contributed by atoms with van der Waals surface area (Å²) in [5, 5.41) is 10.4. The number of nitrogens with zero attached hydrogens (tertiary/aromatic N) is 2. The fourth-order valence-corrected chi connectivity index (χ4v) is 3.36. The second-order valence-electron chi connectivity index (χ2n) is 6.08. The molecule has 108 valence electrons. The molecular formula is C16H22N2O2. The molecule has 0 saturated carbocycles. The van der Waals surface area contributed by atoms with Gasteiger partial charge in [0.25, 0.3) is 0 Å². The van der Waals surface area contributed by atoms with E-state index in [0.717, 1.165) is 24.7 Å². The lowest BCUT2D eigenvalue weighted by Gasteiger charge is -2.47. The van der Waals surface area contributed by atoms with Crippen molar-refractivity contribution in [3.63, 3.8) is 0 Å². The predicted octanol–water partition coefficient (Wildman–Crippen LogP) is 4.05. The molecule has 1 aromatic carbocycles. The number of benzene rings is 1. The summed E-state index contributed by atoms with van der Waals surface area (Å²) in [5.74, 6) is 0.465. The van der Waals surface area contributed by atoms with Crippen molar-refractivity contribution in [1.82, 2.24) is 0 Å². The lowest BCUT2D eigenvalue weighted by atomic mass is 9.79. The molecule has 1 aromatic rings. The van der Waals surface area contributed by atoms with Crippen LogP contribution in [0.3, 0.4) is 0 Å². The fourth-order valence-electron chi connectivity index (χ4n) is 3.36. The summed E-state index contributed by atoms with van der Waals surface area (Å²) in [6.45, 7) is 9.92. The standard InChI is InChI=1S/C16H22N2O2/c1-5-17-15-7-6-13(8-9-18(19)20)10-14(15)12(2)11-16(17,3)4/h6-10,12H,5,11H2,1-4H3/b9-8-/t12-/m1/s1. The minimum atomic E-state index is -0.426. The summed E-state index contributed by atoms with van der Waals surface area (Å²) < 4.78 is 0. The first kappa shape index (κ1) is 14.6. The highest BCUT2D eigenvalue weighted by molar-refractivity contribution is 5.64. The van der Waals surface area contributed by atoms with Gasteiger partial charge in [0.15, 0.2) is 0 Å². The molecule has 1 atom stereocenters. The van der Waals surface area contributed by atoms with Crippen LogP contribution in [0.4, 0.5) is 5.69 Å². The average Bonchev–Trinajstić information content (AvgIpc) is 2.36. The molecule has 4 nitrogen and oxygen atoms in total. The van der Waals surface area contributed by atoms with Crippen LogP contribution >= 0.6 is 0 Å². The number of hydrogen-bond acceptors (Lipinski definition) is 3. The SMILES string of the molecule is CCN1c2ccc(/C=C\[N+](=O)[O-])cc2[C@H](C)CC1(C)C. The topological polar surface area (TPSA) is 46.4 Å². The maximum absolute atomic E-state index is 10.4. The van der Waals surface area contributed by atoms with Gasteiger partial charge in [-0.2, -0.15) is 0 Å². The number of nitro groups is 1. The van der Waals surface area contributed by atoms with Crippen molar-refractivity contribution in [2.75, 3.05) is 11.4 Å². The minimum absolute atomic E-state index is 0.152. The molecule has 0 aromatic heterocycles. The zero-order chi connectivity index (χ0) is 14.9. The van der Waals surface area contributed by atoms with Crippen molar-refractivity contribution in [3.8, 4) is 0 Å². The molecule has 1 aliphatic heterocycles. The van der Waals surface area contributed by atoms with Gasteiger partial charge in [-0.15, -0.1) is 0 Å². The molecule has 0 spiro atoms. The zero-order valence-corrected chi connectivity index (χ0v) is 12.6. The van der Waals surface area contributed by atoms with E-state index in [1.165, 1.54) is 11.3 Å². The monoisotopic (exact) mass is 274 g/mol. The van der Waals surface area contributed by atoms with Crippen molar-refractivity contribution in [2.24, 2.45) is 0 Å². The summed E-state index contributed by atoms with van der Waals surface area (Å²) in [4.78, 5) is 12.4. The van der Waals surface area contributed by atoms with Gasteiger partial charge >= 0.3 is 0 Å². The number of anilines is 1. The van der Waals surface area contributed by atoms with E-state index in [9.17, 15) is 10.1 Å². The Morgan fingerprint density at radius 1 is 1.50 bits per heavy atom. The Balaban J connectivity index is 2.43. The van der Waals surface area contributed by atoms with Crippen molar-refractivity contribution < 1.29 is 4.92 Å². The molecule has 0 radical (unpaired) electrons. The van der Waals surface area contributed by atoms with E-state index >= 15 is 0 Å². The summed E-state index contributed by atoms with van der Waals surface area (Å²) in [7, 11) is 0. The second-order valence-corrected chi connectivity index (χ2v) is 6.08. The largest absolute Gasteiger partial charge is 0.366 e. The van der Waals surface area contributed by atoms with Crippen LogP contribution in [0.15, 0.2) is 24.4 Å². The van der Waals surface area contributed by atoms with Gasteiger partial charge in [-0.25, -0.2) is 0 Å². The molecule has 0 fully saturated rings. The normalized spacial score (nSPS) is 21.0. The molecule has 4 heteroatoms. The van der Waals surface area contributed by atoms with Crippen molar-refractivity contribution >= 4 is 11.8 Å². The molecule has 1 aliphatic rings. The summed E-state index contributed by atoms with van der Waals surface area (Å²) in [5.41, 5.74) is 3.59. The molecule has 20 heavy (non-hydrogen) atoms. The first-order chi connectivity index (χ1) is 9.35. The Bertz CT molecular complexity index is 549. The van der Waals surface area contributed by atoms with E-state index in [4.69, 9.17) is 0 Å². The molecule has 0 unspecified atom stereocenters. The van der Waals surface area contributed by atoms with E-state index in [-0.39, 0.29) is 5.54 Å². The minimum Gasteiger partial charge on any atom is -0.366 e. The van der Waals surface area contributed by atoms with Crippen molar-refractivity contribution in [2.45, 2.75) is 45.6 Å². The lowest BCUT2D eigenvalue weighted by molar-refractivity contribution is -0.400. The van der Waals surface area contributed by atoms with Crippen LogP contribution in [-0.2, 0) is 0 Å². The van der Waals surface area contributed by atoms with Gasteiger partial charge in [-0.3, -0.25) is 10.1 Å². The number of hydrogen-bond donors (Lipinski definition) is 0. The Kier molecular flexibility index (Phi) is 3.84. The quantitative estimate of drug-likeness (QED) is 0.617. The van der Waals surface area contributed by atoms with Gasteiger partial charge in [-0.1, -0.05) is 13.0 Å². The van der Waals surface area contributed by atoms with E-state index in [0.29, 0.717) is 5.92 Å². The van der Waals surface area contributed by atoms with Gasteiger partial charge in [0.2, 0.25) is 6.20 Å². The third-order valence-electron chi connectivity index (χ3n) is 4.11. The zero-order valence-electron chi connectivity index (χ0n) is 12.6. The Labute approximate surface area is 120 Å². The van der Waals surface area contributed by atoms with Crippen LogP contribution in [0.25, 0.3) is 6.08 Å². The van der Waals surface area contributed by atoms with Crippen LogP contribution in [0.2, 0.25) is 0 Å². The van der Waals surface area contributed by atoms with Crippen molar-refractivity contribution in [3.05, 3.63) is 45.6 Å². The summed E-state index contributed by atoms with van der Waals surface area (Å²) in [6, 6.07) is 6.13. The van der Waals surface area contributed by atoms with Gasteiger partial charge in [0.05, 0.1) is 4.92 Å². The number of rotatable bonds is 3. The average molecular weight is 274 g/mol. The van der Waals surface area contributed by atoms with Gasteiger partial charge in [0.1, 0.15) is 0 Å². The van der Waals surface area contributed by atoms with Gasteiger partial charge in [-0.05, 0) is 56.4 Å². The third kappa shape index (κ3) is 2.69. The molecule has 0 amide bonds. The smallest absolute Gasteiger partial charge is 0.235 e. The maximum Gasteiger partial charge on any atom is 0.235 e. The van der Waals surface area contributed by atoms with Crippen LogP contribution in [0, 0.1) is 10.1 Å². The number of fused-ring (bicyclic) bond motifs is 1. The van der Waals surface area contributed by atoms with Crippen LogP contribution in [0.5, 0.6) is 0 Å². The van der Waals surface area contributed by atoms with E-state index < -0.39 is 4.92 Å². The molecule has 2 rings (SSSR count). The highest BCUT2D eigenvalue weighted by atomic mass is 16.6. The maximum atomic E-state index is 10.4. The van der Waals surface area contributed by atoms with Gasteiger partial charge < -0.3 is 4.90 Å². The molecular weight excluding hydrogens is 252 g/mol. The Hall–Kier alpha value is -1.84. The molecule has 0 aliphatic carbocycles. The van der Waals surface area contributed by atoms with Crippen LogP contribution in [0.1, 0.15) is 51.2 Å². The van der Waals surface area contributed by atoms with Crippen molar-refractivity contribution in [1.29, 1.82) is 0 Å². The second kappa shape index (κ2) is 5.27. The Morgan fingerprint density at radius 2 is 2.20 bits per heavy atom. The van der Waals surface area contributed by atoms with E-state index in [1.54, 1.807) is 6.08 Å². The van der Waals surface area contributed by atoms with Crippen LogP contribution in [-0.4, -0.2) is 17.0 Å². The highest BCUT2D eigenvalue weighted by Crippen LogP contribution is 2.43. The molecule has 0 bridgehead atoms.